The first kappa shape index (κ1) is 22.5. The molecule has 3 heterocycles. The number of nitrogens with zero attached hydrogens (tertiary/aromatic N) is 7. The van der Waals surface area contributed by atoms with Gasteiger partial charge in [0.15, 0.2) is 0 Å². The number of likely N-dealkylation sites (tertiary alicyclic amines) is 1. The summed E-state index contributed by atoms with van der Waals surface area (Å²) in [6.45, 7) is 4.05. The van der Waals surface area contributed by atoms with Gasteiger partial charge in [-0.05, 0) is 72.2 Å². The number of aryl methyl sites for hydroxylation is 1. The van der Waals surface area contributed by atoms with Gasteiger partial charge in [-0.3, -0.25) is 4.79 Å². The van der Waals surface area contributed by atoms with Crippen LogP contribution in [0.3, 0.4) is 0 Å². The molecule has 10 nitrogen and oxygen atoms in total. The van der Waals surface area contributed by atoms with Crippen LogP contribution in [0.25, 0.3) is 11.0 Å². The van der Waals surface area contributed by atoms with E-state index in [1.807, 2.05) is 49.2 Å². The minimum absolute atomic E-state index is 0.0874. The van der Waals surface area contributed by atoms with Crippen LogP contribution in [0.15, 0.2) is 42.5 Å². The van der Waals surface area contributed by atoms with Crippen LogP contribution in [0.5, 0.6) is 0 Å². The van der Waals surface area contributed by atoms with Gasteiger partial charge in [-0.25, -0.2) is 10.1 Å². The number of amides is 1. The smallest absolute Gasteiger partial charge is 0.233 e. The Morgan fingerprint density at radius 3 is 2.66 bits per heavy atom. The van der Waals surface area contributed by atoms with E-state index in [1.165, 1.54) is 0 Å². The number of tetrazole rings is 1. The van der Waals surface area contributed by atoms with Gasteiger partial charge in [0, 0.05) is 32.2 Å². The van der Waals surface area contributed by atoms with Crippen molar-refractivity contribution in [1.29, 1.82) is 5.26 Å². The lowest BCUT2D eigenvalue weighted by Gasteiger charge is -2.32. The number of hydrogen-bond donors (Lipinski definition) is 2. The summed E-state index contributed by atoms with van der Waals surface area (Å²) in [6, 6.07) is 15.5. The van der Waals surface area contributed by atoms with Crippen molar-refractivity contribution in [2.24, 2.45) is 7.05 Å². The summed E-state index contributed by atoms with van der Waals surface area (Å²) in [5.41, 5.74) is 3.43. The fourth-order valence-electron chi connectivity index (χ4n) is 4.75. The lowest BCUT2D eigenvalue weighted by atomic mass is 9.77. The standard InChI is InChI=1S/C25H27N9O/c1-25(14-22-29-31-32-30-22,24(35)34-11-3-4-12-34)18-7-10-21-20(13-18)28-23(33(21)2)16-27-19-8-5-17(15-26)6-9-19/h5-10,13,27H,3-4,11-12,14,16H2,1-2H3,(H,29,30,31,32). The molecule has 0 radical (unpaired) electrons. The van der Waals surface area contributed by atoms with E-state index in [0.717, 1.165) is 54.0 Å². The van der Waals surface area contributed by atoms with Crippen LogP contribution < -0.4 is 5.32 Å². The van der Waals surface area contributed by atoms with Crippen LogP contribution in [0.1, 0.15) is 42.5 Å². The zero-order valence-corrected chi connectivity index (χ0v) is 19.8. The van der Waals surface area contributed by atoms with Crippen molar-refractivity contribution in [3.8, 4) is 6.07 Å². The second-order valence-corrected chi connectivity index (χ2v) is 9.19. The second-order valence-electron chi connectivity index (χ2n) is 9.19. The van der Waals surface area contributed by atoms with Crippen molar-refractivity contribution in [1.82, 2.24) is 35.1 Å². The maximum absolute atomic E-state index is 13.7. The lowest BCUT2D eigenvalue weighted by molar-refractivity contribution is -0.135. The molecule has 1 atom stereocenters. The molecule has 35 heavy (non-hydrogen) atoms. The highest BCUT2D eigenvalue weighted by Gasteiger charge is 2.40. The zero-order valence-electron chi connectivity index (χ0n) is 19.8. The quantitative estimate of drug-likeness (QED) is 0.426. The highest BCUT2D eigenvalue weighted by Crippen LogP contribution is 2.33. The van der Waals surface area contributed by atoms with Crippen molar-refractivity contribution in [3.63, 3.8) is 0 Å². The SMILES string of the molecule is Cn1c(CNc2ccc(C#N)cc2)nc2cc(C(C)(Cc3nnn[nH]3)C(=O)N3CCCC3)ccc21. The van der Waals surface area contributed by atoms with E-state index >= 15 is 0 Å². The molecule has 2 N–H and O–H groups in total. The topological polar surface area (TPSA) is 128 Å². The molecule has 0 aliphatic carbocycles. The average Bonchev–Trinajstić information content (AvgIpc) is 3.65. The number of hydrogen-bond acceptors (Lipinski definition) is 7. The number of H-pyrrole nitrogens is 1. The van der Waals surface area contributed by atoms with Crippen molar-refractivity contribution >= 4 is 22.6 Å². The molecule has 1 fully saturated rings. The maximum Gasteiger partial charge on any atom is 0.233 e. The number of aromatic nitrogens is 6. The van der Waals surface area contributed by atoms with E-state index in [-0.39, 0.29) is 5.91 Å². The van der Waals surface area contributed by atoms with E-state index < -0.39 is 5.41 Å². The van der Waals surface area contributed by atoms with Crippen molar-refractivity contribution in [2.45, 2.75) is 38.1 Å². The summed E-state index contributed by atoms with van der Waals surface area (Å²) in [7, 11) is 1.99. The second kappa shape index (κ2) is 9.18. The summed E-state index contributed by atoms with van der Waals surface area (Å²) in [4.78, 5) is 20.5. The fourth-order valence-corrected chi connectivity index (χ4v) is 4.75. The molecule has 0 saturated carbocycles. The molecule has 2 aromatic carbocycles. The molecule has 4 aromatic rings. The molecule has 178 valence electrons. The van der Waals surface area contributed by atoms with Crippen LogP contribution in [-0.2, 0) is 30.2 Å². The van der Waals surface area contributed by atoms with Gasteiger partial charge in [-0.2, -0.15) is 5.26 Å². The number of fused-ring (bicyclic) bond motifs is 1. The van der Waals surface area contributed by atoms with E-state index in [1.54, 1.807) is 12.1 Å². The molecular formula is C25H27N9O. The molecule has 1 unspecified atom stereocenters. The number of carbonyl (C=O) groups is 1. The molecule has 0 bridgehead atoms. The van der Waals surface area contributed by atoms with Crippen molar-refractivity contribution < 1.29 is 4.79 Å². The lowest BCUT2D eigenvalue weighted by Crippen LogP contribution is -2.45. The van der Waals surface area contributed by atoms with Gasteiger partial charge in [-0.1, -0.05) is 6.07 Å². The normalized spacial score (nSPS) is 15.2. The number of rotatable bonds is 7. The summed E-state index contributed by atoms with van der Waals surface area (Å²) < 4.78 is 2.05. The molecule has 1 saturated heterocycles. The Morgan fingerprint density at radius 2 is 1.97 bits per heavy atom. The van der Waals surface area contributed by atoms with Gasteiger partial charge in [0.05, 0.1) is 34.6 Å². The molecule has 10 heteroatoms. The van der Waals surface area contributed by atoms with Gasteiger partial charge in [0.1, 0.15) is 11.6 Å². The van der Waals surface area contributed by atoms with Crippen LogP contribution in [-0.4, -0.2) is 54.1 Å². The Balaban J connectivity index is 1.45. The number of nitriles is 1. The third kappa shape index (κ3) is 4.33. The molecule has 1 aliphatic rings. The van der Waals surface area contributed by atoms with E-state index in [2.05, 4.69) is 36.6 Å². The molecule has 1 aliphatic heterocycles. The third-order valence-corrected chi connectivity index (χ3v) is 6.85. The van der Waals surface area contributed by atoms with Crippen LogP contribution >= 0.6 is 0 Å². The van der Waals surface area contributed by atoms with Gasteiger partial charge in [-0.15, -0.1) is 5.10 Å². The predicted octanol–water partition coefficient (Wildman–Crippen LogP) is 2.69. The number of imidazole rings is 1. The molecule has 5 rings (SSSR count). The first-order valence-corrected chi connectivity index (χ1v) is 11.7. The Morgan fingerprint density at radius 1 is 1.20 bits per heavy atom. The van der Waals surface area contributed by atoms with Crippen LogP contribution in [0, 0.1) is 11.3 Å². The first-order valence-electron chi connectivity index (χ1n) is 11.7. The summed E-state index contributed by atoms with van der Waals surface area (Å²) in [6.07, 6.45) is 2.43. The van der Waals surface area contributed by atoms with Crippen molar-refractivity contribution in [3.05, 3.63) is 65.2 Å². The Hall–Kier alpha value is -4.26. The number of carbonyl (C=O) groups excluding carboxylic acids is 1. The summed E-state index contributed by atoms with van der Waals surface area (Å²) >= 11 is 0. The van der Waals surface area contributed by atoms with E-state index in [4.69, 9.17) is 10.2 Å². The van der Waals surface area contributed by atoms with Crippen LogP contribution in [0.2, 0.25) is 0 Å². The number of aromatic amines is 1. The van der Waals surface area contributed by atoms with E-state index in [9.17, 15) is 4.79 Å². The fraction of sp³-hybridized carbons (Fsp3) is 0.360. The molecule has 2 aromatic heterocycles. The number of nitrogens with one attached hydrogen (secondary N) is 2. The monoisotopic (exact) mass is 469 g/mol. The molecule has 0 spiro atoms. The zero-order chi connectivity index (χ0) is 24.4. The average molecular weight is 470 g/mol. The minimum atomic E-state index is -0.821. The van der Waals surface area contributed by atoms with Gasteiger partial charge in [0.2, 0.25) is 5.91 Å². The molecular weight excluding hydrogens is 442 g/mol. The predicted molar refractivity (Wildman–Crippen MR) is 130 cm³/mol. The van der Waals surface area contributed by atoms with Crippen LogP contribution in [0.4, 0.5) is 5.69 Å². The largest absolute Gasteiger partial charge is 0.378 e. The summed E-state index contributed by atoms with van der Waals surface area (Å²) in [5, 5.41) is 26.6. The minimum Gasteiger partial charge on any atom is -0.378 e. The Labute approximate surface area is 203 Å². The maximum atomic E-state index is 13.7. The Kier molecular flexibility index (Phi) is 5.91. The van der Waals surface area contributed by atoms with Gasteiger partial charge < -0.3 is 14.8 Å². The number of benzene rings is 2. The molecule has 1 amide bonds. The van der Waals surface area contributed by atoms with Crippen molar-refractivity contribution in [2.75, 3.05) is 18.4 Å². The summed E-state index contributed by atoms with van der Waals surface area (Å²) in [5.74, 6) is 1.53. The van der Waals surface area contributed by atoms with Gasteiger partial charge in [0.25, 0.3) is 0 Å². The van der Waals surface area contributed by atoms with Gasteiger partial charge >= 0.3 is 0 Å². The highest BCUT2D eigenvalue weighted by atomic mass is 16.2. The van der Waals surface area contributed by atoms with E-state index in [0.29, 0.717) is 24.4 Å². The first-order chi connectivity index (χ1) is 17.0. The third-order valence-electron chi connectivity index (χ3n) is 6.85. The number of anilines is 1. The highest BCUT2D eigenvalue weighted by molar-refractivity contribution is 5.90. The Bertz CT molecular complexity index is 1380.